The molecule has 0 N–H and O–H groups in total. The van der Waals surface area contributed by atoms with E-state index in [4.69, 9.17) is 0 Å². The number of hydrogen-bond acceptors (Lipinski definition) is 1. The summed E-state index contributed by atoms with van der Waals surface area (Å²) < 4.78 is 30.1. The fourth-order valence-electron chi connectivity index (χ4n) is 1.85. The molecule has 0 amide bonds. The number of halogens is 4. The summed E-state index contributed by atoms with van der Waals surface area (Å²) in [6.07, 6.45) is 3.51. The van der Waals surface area contributed by atoms with E-state index in [1.54, 1.807) is 10.6 Å². The number of pyridine rings is 1. The van der Waals surface area contributed by atoms with Gasteiger partial charge in [0, 0.05) is 28.5 Å². The summed E-state index contributed by atoms with van der Waals surface area (Å²) in [4.78, 5) is 4.35. The predicted molar refractivity (Wildman–Crippen MR) is 75.9 cm³/mol. The van der Waals surface area contributed by atoms with Crippen molar-refractivity contribution in [1.29, 1.82) is 0 Å². The Bertz CT molecular complexity index is 784. The summed E-state index contributed by atoms with van der Waals surface area (Å²) in [5.74, 6) is -1.23. The normalized spacial score (nSPS) is 11.2. The first-order valence-corrected chi connectivity index (χ1v) is 6.92. The maximum absolute atomic E-state index is 13.7. The van der Waals surface area contributed by atoms with Gasteiger partial charge in [0.05, 0.1) is 10.2 Å². The van der Waals surface area contributed by atoms with Crippen molar-refractivity contribution in [2.75, 3.05) is 0 Å². The summed E-state index contributed by atoms with van der Waals surface area (Å²) in [6, 6.07) is 5.31. The van der Waals surface area contributed by atoms with Gasteiger partial charge in [-0.3, -0.25) is 0 Å². The molecule has 0 radical (unpaired) electrons. The van der Waals surface area contributed by atoms with Crippen LogP contribution in [0.15, 0.2) is 45.6 Å². The van der Waals surface area contributed by atoms with Crippen LogP contribution in [0.4, 0.5) is 8.78 Å². The van der Waals surface area contributed by atoms with Gasteiger partial charge in [-0.05, 0) is 50.1 Å². The van der Waals surface area contributed by atoms with Gasteiger partial charge in [-0.25, -0.2) is 13.8 Å². The molecular formula is C13H6Br2F2N2. The van der Waals surface area contributed by atoms with Crippen LogP contribution in [0.5, 0.6) is 0 Å². The SMILES string of the molecule is Fc1ccc(-c2cn3cc(Br)cc(Br)c3n2)c(F)c1. The molecule has 0 fully saturated rings. The lowest BCUT2D eigenvalue weighted by atomic mass is 10.1. The molecule has 6 heteroatoms. The van der Waals surface area contributed by atoms with Gasteiger partial charge in [0.1, 0.15) is 11.6 Å². The lowest BCUT2D eigenvalue weighted by Gasteiger charge is -1.98. The van der Waals surface area contributed by atoms with Crippen LogP contribution in [0.25, 0.3) is 16.9 Å². The van der Waals surface area contributed by atoms with Crippen molar-refractivity contribution in [2.45, 2.75) is 0 Å². The second-order valence-electron chi connectivity index (χ2n) is 3.99. The van der Waals surface area contributed by atoms with E-state index in [-0.39, 0.29) is 5.56 Å². The minimum Gasteiger partial charge on any atom is -0.304 e. The fraction of sp³-hybridized carbons (Fsp3) is 0. The van der Waals surface area contributed by atoms with Crippen molar-refractivity contribution in [3.63, 3.8) is 0 Å². The molecule has 0 aliphatic rings. The molecule has 0 spiro atoms. The molecule has 1 aromatic carbocycles. The van der Waals surface area contributed by atoms with Crippen molar-refractivity contribution in [3.8, 4) is 11.3 Å². The predicted octanol–water partition coefficient (Wildman–Crippen LogP) is 4.80. The highest BCUT2D eigenvalue weighted by atomic mass is 79.9. The number of benzene rings is 1. The van der Waals surface area contributed by atoms with Crippen molar-refractivity contribution in [1.82, 2.24) is 9.38 Å². The molecule has 0 bridgehead atoms. The van der Waals surface area contributed by atoms with Gasteiger partial charge < -0.3 is 4.40 Å². The van der Waals surface area contributed by atoms with Crippen LogP contribution in [0.2, 0.25) is 0 Å². The van der Waals surface area contributed by atoms with Gasteiger partial charge in [-0.2, -0.15) is 0 Å². The molecule has 0 atom stereocenters. The van der Waals surface area contributed by atoms with E-state index in [0.29, 0.717) is 11.3 Å². The first-order valence-electron chi connectivity index (χ1n) is 5.34. The number of aromatic nitrogens is 2. The van der Waals surface area contributed by atoms with Crippen LogP contribution in [-0.4, -0.2) is 9.38 Å². The molecule has 96 valence electrons. The Labute approximate surface area is 124 Å². The second kappa shape index (κ2) is 4.68. The Hall–Kier alpha value is -1.27. The van der Waals surface area contributed by atoms with Crippen LogP contribution in [0.3, 0.4) is 0 Å². The third-order valence-electron chi connectivity index (χ3n) is 2.68. The van der Waals surface area contributed by atoms with E-state index < -0.39 is 11.6 Å². The minimum atomic E-state index is -0.626. The standard InChI is InChI=1S/C13H6Br2F2N2/c14-7-3-10(15)13-18-12(6-19(13)5-7)9-2-1-8(16)4-11(9)17/h1-6H. The monoisotopic (exact) mass is 386 g/mol. The third kappa shape index (κ3) is 2.30. The van der Waals surface area contributed by atoms with Crippen molar-refractivity contribution in [2.24, 2.45) is 0 Å². The topological polar surface area (TPSA) is 17.3 Å². The summed E-state index contributed by atoms with van der Waals surface area (Å²) in [7, 11) is 0. The van der Waals surface area contributed by atoms with Crippen molar-refractivity contribution >= 4 is 37.5 Å². The highest BCUT2D eigenvalue weighted by molar-refractivity contribution is 9.11. The molecule has 2 aromatic heterocycles. The van der Waals surface area contributed by atoms with Gasteiger partial charge >= 0.3 is 0 Å². The van der Waals surface area contributed by atoms with E-state index >= 15 is 0 Å². The van der Waals surface area contributed by atoms with E-state index in [1.165, 1.54) is 12.1 Å². The number of nitrogens with zero attached hydrogens (tertiary/aromatic N) is 2. The van der Waals surface area contributed by atoms with Crippen molar-refractivity contribution in [3.05, 3.63) is 57.2 Å². The van der Waals surface area contributed by atoms with Crippen molar-refractivity contribution < 1.29 is 8.78 Å². The van der Waals surface area contributed by atoms with Gasteiger partial charge in [-0.1, -0.05) is 0 Å². The molecular weight excluding hydrogens is 382 g/mol. The first kappa shape index (κ1) is 12.7. The highest BCUT2D eigenvalue weighted by Gasteiger charge is 2.12. The zero-order chi connectivity index (χ0) is 13.6. The van der Waals surface area contributed by atoms with Crippen LogP contribution < -0.4 is 0 Å². The Balaban J connectivity index is 2.23. The molecule has 2 heterocycles. The van der Waals surface area contributed by atoms with Gasteiger partial charge in [0.25, 0.3) is 0 Å². The maximum Gasteiger partial charge on any atom is 0.151 e. The molecule has 0 unspecified atom stereocenters. The zero-order valence-corrected chi connectivity index (χ0v) is 12.5. The number of rotatable bonds is 1. The van der Waals surface area contributed by atoms with Crippen LogP contribution in [0.1, 0.15) is 0 Å². The molecule has 0 aliphatic carbocycles. The summed E-state index contributed by atoms with van der Waals surface area (Å²) in [5, 5.41) is 0. The lowest BCUT2D eigenvalue weighted by molar-refractivity contribution is 0.585. The molecule has 3 aromatic rings. The molecule has 3 rings (SSSR count). The Morgan fingerprint density at radius 1 is 1.05 bits per heavy atom. The fourth-order valence-corrected chi connectivity index (χ4v) is 3.15. The van der Waals surface area contributed by atoms with E-state index in [0.717, 1.165) is 15.0 Å². The van der Waals surface area contributed by atoms with Gasteiger partial charge in [0.2, 0.25) is 0 Å². The van der Waals surface area contributed by atoms with E-state index in [2.05, 4.69) is 36.8 Å². The van der Waals surface area contributed by atoms with E-state index in [9.17, 15) is 8.78 Å². The molecule has 2 nitrogen and oxygen atoms in total. The lowest BCUT2D eigenvalue weighted by Crippen LogP contribution is -1.85. The average molecular weight is 388 g/mol. The summed E-state index contributed by atoms with van der Waals surface area (Å²) >= 11 is 6.77. The van der Waals surface area contributed by atoms with Crippen LogP contribution in [-0.2, 0) is 0 Å². The number of imidazole rings is 1. The maximum atomic E-state index is 13.7. The summed E-state index contributed by atoms with van der Waals surface area (Å²) in [6.45, 7) is 0. The third-order valence-corrected chi connectivity index (χ3v) is 3.70. The van der Waals surface area contributed by atoms with Gasteiger partial charge in [0.15, 0.2) is 5.65 Å². The number of hydrogen-bond donors (Lipinski definition) is 0. The quantitative estimate of drug-likeness (QED) is 0.586. The average Bonchev–Trinajstić information content (AvgIpc) is 2.72. The first-order chi connectivity index (χ1) is 9.04. The molecule has 0 saturated heterocycles. The molecule has 19 heavy (non-hydrogen) atoms. The van der Waals surface area contributed by atoms with E-state index in [1.807, 2.05) is 12.3 Å². The second-order valence-corrected chi connectivity index (χ2v) is 5.76. The Morgan fingerprint density at radius 2 is 1.84 bits per heavy atom. The Kier molecular flexibility index (Phi) is 3.14. The Morgan fingerprint density at radius 3 is 2.58 bits per heavy atom. The smallest absolute Gasteiger partial charge is 0.151 e. The largest absolute Gasteiger partial charge is 0.304 e. The molecule has 0 saturated carbocycles. The minimum absolute atomic E-state index is 0.271. The zero-order valence-electron chi connectivity index (χ0n) is 9.37. The highest BCUT2D eigenvalue weighted by Crippen LogP contribution is 2.27. The van der Waals surface area contributed by atoms with Crippen LogP contribution in [0, 0.1) is 11.6 Å². The number of fused-ring (bicyclic) bond motifs is 1. The van der Waals surface area contributed by atoms with Crippen LogP contribution >= 0.6 is 31.9 Å². The van der Waals surface area contributed by atoms with Gasteiger partial charge in [-0.15, -0.1) is 0 Å². The summed E-state index contributed by atoms with van der Waals surface area (Å²) in [5.41, 5.74) is 1.39. The molecule has 0 aliphatic heterocycles.